The van der Waals surface area contributed by atoms with Crippen molar-refractivity contribution in [3.63, 3.8) is 0 Å². The van der Waals surface area contributed by atoms with Crippen LogP contribution in [-0.2, 0) is 4.79 Å². The van der Waals surface area contributed by atoms with Crippen LogP contribution >= 0.6 is 11.6 Å². The molecular formula is C22H23ClN4O. The van der Waals surface area contributed by atoms with Gasteiger partial charge in [0.1, 0.15) is 0 Å². The van der Waals surface area contributed by atoms with Crippen molar-refractivity contribution in [3.05, 3.63) is 65.7 Å². The summed E-state index contributed by atoms with van der Waals surface area (Å²) in [6, 6.07) is 13.7. The highest BCUT2D eigenvalue weighted by molar-refractivity contribution is 6.33. The van der Waals surface area contributed by atoms with Crippen molar-refractivity contribution in [2.75, 3.05) is 26.2 Å². The van der Waals surface area contributed by atoms with Gasteiger partial charge < -0.3 is 9.80 Å². The molecule has 1 amide bonds. The molecule has 1 fully saturated rings. The van der Waals surface area contributed by atoms with E-state index in [1.165, 1.54) is 6.08 Å². The molecular weight excluding hydrogens is 372 g/mol. The number of piperazine rings is 1. The number of guanidine groups is 1. The number of amides is 1. The van der Waals surface area contributed by atoms with Crippen LogP contribution in [-0.4, -0.2) is 54.6 Å². The number of hydrogen-bond donors (Lipinski definition) is 0. The van der Waals surface area contributed by atoms with Gasteiger partial charge in [-0.25, -0.2) is 9.98 Å². The summed E-state index contributed by atoms with van der Waals surface area (Å²) in [7, 11) is 0. The molecule has 0 radical (unpaired) electrons. The minimum Gasteiger partial charge on any atom is -0.337 e. The molecule has 28 heavy (non-hydrogen) atoms. The predicted molar refractivity (Wildman–Crippen MR) is 117 cm³/mol. The lowest BCUT2D eigenvalue weighted by atomic mass is 10.0. The molecule has 0 saturated carbocycles. The number of aryl methyl sites for hydroxylation is 1. The maximum Gasteiger partial charge on any atom is 0.246 e. The Morgan fingerprint density at radius 1 is 1.04 bits per heavy atom. The van der Waals surface area contributed by atoms with Gasteiger partial charge in [0.15, 0.2) is 0 Å². The van der Waals surface area contributed by atoms with Crippen LogP contribution in [0.25, 0.3) is 11.1 Å². The number of nitrogens with zero attached hydrogens (tertiary/aromatic N) is 4. The lowest BCUT2D eigenvalue weighted by Gasteiger charge is -2.34. The molecule has 0 spiro atoms. The first-order valence-electron chi connectivity index (χ1n) is 9.11. The van der Waals surface area contributed by atoms with Crippen LogP contribution in [0.15, 0.2) is 65.1 Å². The van der Waals surface area contributed by atoms with E-state index in [4.69, 9.17) is 16.6 Å². The molecule has 1 aliphatic heterocycles. The summed E-state index contributed by atoms with van der Waals surface area (Å²) in [5, 5.41) is 0.675. The minimum absolute atomic E-state index is 0.0513. The van der Waals surface area contributed by atoms with Crippen LogP contribution in [0.4, 0.5) is 5.69 Å². The lowest BCUT2D eigenvalue weighted by molar-refractivity contribution is -0.127. The number of para-hydroxylation sites is 1. The Kier molecular flexibility index (Phi) is 6.26. The van der Waals surface area contributed by atoms with Gasteiger partial charge in [0.25, 0.3) is 0 Å². The van der Waals surface area contributed by atoms with E-state index in [0.29, 0.717) is 37.2 Å². The number of carbonyl (C=O) groups excluding carboxylic acids is 1. The normalized spacial score (nSPS) is 14.7. The third-order valence-electron chi connectivity index (χ3n) is 4.80. The minimum atomic E-state index is -0.0513. The smallest absolute Gasteiger partial charge is 0.246 e. The monoisotopic (exact) mass is 394 g/mol. The van der Waals surface area contributed by atoms with Crippen molar-refractivity contribution in [1.29, 1.82) is 0 Å². The quantitative estimate of drug-likeness (QED) is 0.442. The largest absolute Gasteiger partial charge is 0.337 e. The van der Waals surface area contributed by atoms with Gasteiger partial charge in [-0.3, -0.25) is 4.79 Å². The molecule has 0 aliphatic carbocycles. The summed E-state index contributed by atoms with van der Waals surface area (Å²) in [6.45, 7) is 11.8. The van der Waals surface area contributed by atoms with Gasteiger partial charge in [0.05, 0.1) is 5.69 Å². The Morgan fingerprint density at radius 2 is 1.68 bits per heavy atom. The molecule has 1 aliphatic rings. The fourth-order valence-corrected chi connectivity index (χ4v) is 3.50. The molecule has 0 N–H and O–H groups in total. The lowest BCUT2D eigenvalue weighted by Crippen LogP contribution is -2.49. The van der Waals surface area contributed by atoms with E-state index < -0.39 is 0 Å². The standard InChI is InChI=1S/C22H23ClN4O/c1-4-20(28)26-12-14-27(15-13-26)22(24-3)25-21-16(2)8-7-10-18(21)17-9-5-6-11-19(17)23/h4-11H,1,3,12-15H2,2H3/b25-22+. The average Bonchev–Trinajstić information content (AvgIpc) is 2.73. The SMILES string of the molecule is C=CC(=O)N1CCN(/C(N=C)=N/c2c(C)cccc2-c2ccccc2Cl)CC1. The molecule has 5 nitrogen and oxygen atoms in total. The Hall–Kier alpha value is -2.92. The maximum absolute atomic E-state index is 11.8. The third-order valence-corrected chi connectivity index (χ3v) is 5.13. The second kappa shape index (κ2) is 8.85. The Labute approximate surface area is 170 Å². The van der Waals surface area contributed by atoms with Crippen molar-refractivity contribution in [3.8, 4) is 11.1 Å². The number of rotatable bonds is 3. The van der Waals surface area contributed by atoms with Crippen molar-refractivity contribution in [1.82, 2.24) is 9.80 Å². The van der Waals surface area contributed by atoms with Crippen LogP contribution < -0.4 is 0 Å². The zero-order valence-electron chi connectivity index (χ0n) is 15.9. The van der Waals surface area contributed by atoms with E-state index in [1.54, 1.807) is 4.90 Å². The summed E-state index contributed by atoms with van der Waals surface area (Å²) >= 11 is 6.42. The number of aliphatic imine (C=N–C) groups is 2. The van der Waals surface area contributed by atoms with Crippen LogP contribution in [0.1, 0.15) is 5.56 Å². The van der Waals surface area contributed by atoms with Crippen LogP contribution in [0.5, 0.6) is 0 Å². The average molecular weight is 395 g/mol. The molecule has 0 aromatic heterocycles. The fraction of sp³-hybridized carbons (Fsp3) is 0.227. The Balaban J connectivity index is 1.94. The molecule has 3 rings (SSSR count). The van der Waals surface area contributed by atoms with Gasteiger partial charge in [-0.05, 0) is 31.3 Å². The van der Waals surface area contributed by atoms with E-state index in [1.807, 2.05) is 54.3 Å². The molecule has 0 unspecified atom stereocenters. The van der Waals surface area contributed by atoms with E-state index in [-0.39, 0.29) is 5.91 Å². The molecule has 0 bridgehead atoms. The topological polar surface area (TPSA) is 48.3 Å². The highest BCUT2D eigenvalue weighted by Crippen LogP contribution is 2.37. The van der Waals surface area contributed by atoms with Gasteiger partial charge in [-0.2, -0.15) is 0 Å². The number of halogens is 1. The van der Waals surface area contributed by atoms with Gasteiger partial charge in [0.2, 0.25) is 11.9 Å². The second-order valence-electron chi connectivity index (χ2n) is 6.54. The molecule has 2 aromatic carbocycles. The summed E-state index contributed by atoms with van der Waals surface area (Å²) in [5.41, 5.74) is 3.73. The first kappa shape index (κ1) is 19.8. The molecule has 0 atom stereocenters. The van der Waals surface area contributed by atoms with Crippen molar-refractivity contribution >= 4 is 35.9 Å². The zero-order chi connectivity index (χ0) is 20.1. The van der Waals surface area contributed by atoms with Crippen molar-refractivity contribution in [2.24, 2.45) is 9.98 Å². The zero-order valence-corrected chi connectivity index (χ0v) is 16.7. The van der Waals surface area contributed by atoms with Gasteiger partial charge >= 0.3 is 0 Å². The van der Waals surface area contributed by atoms with E-state index in [2.05, 4.69) is 18.3 Å². The van der Waals surface area contributed by atoms with E-state index in [0.717, 1.165) is 22.4 Å². The first-order chi connectivity index (χ1) is 13.5. The third kappa shape index (κ3) is 4.15. The second-order valence-corrected chi connectivity index (χ2v) is 6.94. The molecule has 1 saturated heterocycles. The summed E-state index contributed by atoms with van der Waals surface area (Å²) in [5.74, 6) is 0.498. The summed E-state index contributed by atoms with van der Waals surface area (Å²) in [4.78, 5) is 24.6. The highest BCUT2D eigenvalue weighted by Gasteiger charge is 2.22. The van der Waals surface area contributed by atoms with Crippen molar-refractivity contribution < 1.29 is 4.79 Å². The molecule has 144 valence electrons. The number of hydrogen-bond acceptors (Lipinski definition) is 2. The molecule has 1 heterocycles. The number of carbonyl (C=O) groups is 1. The summed E-state index contributed by atoms with van der Waals surface area (Å²) < 4.78 is 0. The highest BCUT2D eigenvalue weighted by atomic mass is 35.5. The van der Waals surface area contributed by atoms with Crippen LogP contribution in [0.3, 0.4) is 0 Å². The van der Waals surface area contributed by atoms with E-state index >= 15 is 0 Å². The molecule has 6 heteroatoms. The Bertz CT molecular complexity index is 930. The fourth-order valence-electron chi connectivity index (χ4n) is 3.27. The maximum atomic E-state index is 11.8. The first-order valence-corrected chi connectivity index (χ1v) is 9.49. The van der Waals surface area contributed by atoms with Crippen molar-refractivity contribution in [2.45, 2.75) is 6.92 Å². The van der Waals surface area contributed by atoms with Gasteiger partial charge in [-0.15, -0.1) is 0 Å². The van der Waals surface area contributed by atoms with Crippen LogP contribution in [0.2, 0.25) is 5.02 Å². The Morgan fingerprint density at radius 3 is 2.32 bits per heavy atom. The van der Waals surface area contributed by atoms with Gasteiger partial charge in [0, 0.05) is 42.3 Å². The predicted octanol–water partition coefficient (Wildman–Crippen LogP) is 4.33. The molecule has 2 aromatic rings. The van der Waals surface area contributed by atoms with Crippen LogP contribution in [0, 0.1) is 6.92 Å². The van der Waals surface area contributed by atoms with Gasteiger partial charge in [-0.1, -0.05) is 54.6 Å². The summed E-state index contributed by atoms with van der Waals surface area (Å²) in [6.07, 6.45) is 1.35. The van der Waals surface area contributed by atoms with E-state index in [9.17, 15) is 4.79 Å². The number of benzene rings is 2.